The summed E-state index contributed by atoms with van der Waals surface area (Å²) in [6.07, 6.45) is 3.62. The van der Waals surface area contributed by atoms with Gasteiger partial charge in [-0.3, -0.25) is 4.98 Å². The Morgan fingerprint density at radius 1 is 1.18 bits per heavy atom. The second-order valence-corrected chi connectivity index (χ2v) is 5.46. The van der Waals surface area contributed by atoms with Crippen molar-refractivity contribution in [2.24, 2.45) is 0 Å². The average Bonchev–Trinajstić information content (AvgIpc) is 2.54. The molecule has 0 aliphatic heterocycles. The number of nitrogens with zero attached hydrogens (tertiary/aromatic N) is 4. The van der Waals surface area contributed by atoms with Gasteiger partial charge in [0.25, 0.3) is 0 Å². The van der Waals surface area contributed by atoms with Crippen LogP contribution >= 0.6 is 0 Å². The molecule has 0 unspecified atom stereocenters. The molecule has 0 fully saturated rings. The lowest BCUT2D eigenvalue weighted by Gasteiger charge is -2.13. The van der Waals surface area contributed by atoms with Crippen molar-refractivity contribution in [3.8, 4) is 6.07 Å². The topological polar surface area (TPSA) is 64.8 Å². The van der Waals surface area contributed by atoms with Gasteiger partial charge in [-0.05, 0) is 32.3 Å². The standard InChI is InChI=1S/C17H17N5/c1-22(2)8-7-20-17-14-5-6-19-11-15(14)13-4-3-12(10-18)9-16(13)21-17/h3-6,9,11H,7-8H2,1-2H3,(H,20,21). The molecule has 0 radical (unpaired) electrons. The molecule has 5 heteroatoms. The Morgan fingerprint density at radius 3 is 2.82 bits per heavy atom. The van der Waals surface area contributed by atoms with E-state index >= 15 is 0 Å². The molecule has 0 aliphatic rings. The average molecular weight is 291 g/mol. The molecule has 0 aliphatic carbocycles. The molecule has 0 atom stereocenters. The summed E-state index contributed by atoms with van der Waals surface area (Å²) in [6, 6.07) is 9.70. The van der Waals surface area contributed by atoms with Crippen molar-refractivity contribution in [3.05, 3.63) is 42.2 Å². The molecule has 2 aromatic heterocycles. The maximum atomic E-state index is 9.07. The van der Waals surface area contributed by atoms with Crippen LogP contribution in [-0.4, -0.2) is 42.1 Å². The Balaban J connectivity index is 2.14. The highest BCUT2D eigenvalue weighted by Crippen LogP contribution is 2.28. The van der Waals surface area contributed by atoms with E-state index in [1.807, 2.05) is 44.6 Å². The Morgan fingerprint density at radius 2 is 2.05 bits per heavy atom. The molecular formula is C17H17N5. The van der Waals surface area contributed by atoms with Crippen LogP contribution in [0.15, 0.2) is 36.7 Å². The Hall–Kier alpha value is -2.71. The number of pyridine rings is 2. The molecule has 2 heterocycles. The molecule has 0 amide bonds. The molecule has 110 valence electrons. The highest BCUT2D eigenvalue weighted by molar-refractivity contribution is 6.09. The fourth-order valence-corrected chi connectivity index (χ4v) is 2.45. The van der Waals surface area contributed by atoms with Gasteiger partial charge >= 0.3 is 0 Å². The molecule has 0 spiro atoms. The van der Waals surface area contributed by atoms with Crippen LogP contribution in [0.3, 0.4) is 0 Å². The van der Waals surface area contributed by atoms with Crippen molar-refractivity contribution in [3.63, 3.8) is 0 Å². The Labute approximate surface area is 129 Å². The normalized spacial score (nSPS) is 11.0. The van der Waals surface area contributed by atoms with Crippen molar-refractivity contribution in [2.75, 3.05) is 32.5 Å². The third kappa shape index (κ3) is 2.69. The fraction of sp³-hybridized carbons (Fsp3) is 0.235. The van der Waals surface area contributed by atoms with E-state index in [1.165, 1.54) is 0 Å². The molecule has 22 heavy (non-hydrogen) atoms. The molecule has 3 aromatic rings. The summed E-state index contributed by atoms with van der Waals surface area (Å²) in [5.41, 5.74) is 1.43. The van der Waals surface area contributed by atoms with Crippen LogP contribution in [-0.2, 0) is 0 Å². The summed E-state index contributed by atoms with van der Waals surface area (Å²) >= 11 is 0. The van der Waals surface area contributed by atoms with Gasteiger partial charge in [-0.2, -0.15) is 5.26 Å². The van der Waals surface area contributed by atoms with Crippen LogP contribution in [0.2, 0.25) is 0 Å². The van der Waals surface area contributed by atoms with Gasteiger partial charge in [-0.1, -0.05) is 6.07 Å². The van der Waals surface area contributed by atoms with E-state index in [0.717, 1.165) is 40.6 Å². The predicted octanol–water partition coefficient (Wildman–Crippen LogP) is 2.63. The maximum absolute atomic E-state index is 9.07. The van der Waals surface area contributed by atoms with Crippen molar-refractivity contribution in [1.29, 1.82) is 5.26 Å². The van der Waals surface area contributed by atoms with Crippen molar-refractivity contribution < 1.29 is 0 Å². The lowest BCUT2D eigenvalue weighted by atomic mass is 10.1. The quantitative estimate of drug-likeness (QED) is 0.749. The van der Waals surface area contributed by atoms with Gasteiger partial charge in [-0.25, -0.2) is 4.98 Å². The minimum Gasteiger partial charge on any atom is -0.368 e. The van der Waals surface area contributed by atoms with E-state index < -0.39 is 0 Å². The molecule has 1 N–H and O–H groups in total. The molecule has 1 aromatic carbocycles. The number of fused-ring (bicyclic) bond motifs is 3. The van der Waals surface area contributed by atoms with Gasteiger partial charge in [-0.15, -0.1) is 0 Å². The smallest absolute Gasteiger partial charge is 0.134 e. The van der Waals surface area contributed by atoms with E-state index in [2.05, 4.69) is 21.3 Å². The number of likely N-dealkylation sites (N-methyl/N-ethyl adjacent to an activating group) is 1. The zero-order valence-corrected chi connectivity index (χ0v) is 12.7. The number of rotatable bonds is 4. The summed E-state index contributed by atoms with van der Waals surface area (Å²) < 4.78 is 0. The first-order valence-electron chi connectivity index (χ1n) is 7.15. The van der Waals surface area contributed by atoms with Gasteiger partial charge in [0, 0.05) is 41.6 Å². The molecule has 0 saturated carbocycles. The van der Waals surface area contributed by atoms with Crippen molar-refractivity contribution in [2.45, 2.75) is 0 Å². The summed E-state index contributed by atoms with van der Waals surface area (Å²) in [7, 11) is 4.08. The van der Waals surface area contributed by atoms with E-state index in [1.54, 1.807) is 6.20 Å². The largest absolute Gasteiger partial charge is 0.368 e. The highest BCUT2D eigenvalue weighted by Gasteiger charge is 2.09. The summed E-state index contributed by atoms with van der Waals surface area (Å²) in [5.74, 6) is 0.835. The summed E-state index contributed by atoms with van der Waals surface area (Å²) in [4.78, 5) is 11.0. The number of hydrogen-bond donors (Lipinski definition) is 1. The van der Waals surface area contributed by atoms with Gasteiger partial charge < -0.3 is 10.2 Å². The zero-order chi connectivity index (χ0) is 15.5. The molecular weight excluding hydrogens is 274 g/mol. The molecule has 5 nitrogen and oxygen atoms in total. The van der Waals surface area contributed by atoms with Crippen molar-refractivity contribution >= 4 is 27.5 Å². The monoisotopic (exact) mass is 291 g/mol. The molecule has 0 bridgehead atoms. The van der Waals surface area contributed by atoms with Gasteiger partial charge in [0.15, 0.2) is 0 Å². The summed E-state index contributed by atoms with van der Waals surface area (Å²) in [5, 5.41) is 15.6. The van der Waals surface area contributed by atoms with Crippen LogP contribution in [0.5, 0.6) is 0 Å². The van der Waals surface area contributed by atoms with Crippen LogP contribution in [0.1, 0.15) is 5.56 Å². The number of anilines is 1. The lowest BCUT2D eigenvalue weighted by molar-refractivity contribution is 0.425. The minimum absolute atomic E-state index is 0.613. The number of nitrogens with one attached hydrogen (secondary N) is 1. The van der Waals surface area contributed by atoms with Gasteiger partial charge in [0.05, 0.1) is 17.1 Å². The number of nitriles is 1. The first kappa shape index (κ1) is 14.2. The molecule has 3 rings (SSSR count). The first-order valence-corrected chi connectivity index (χ1v) is 7.15. The van der Waals surface area contributed by atoms with Crippen LogP contribution < -0.4 is 5.32 Å². The van der Waals surface area contributed by atoms with E-state index in [-0.39, 0.29) is 0 Å². The number of benzene rings is 1. The fourth-order valence-electron chi connectivity index (χ4n) is 2.45. The van der Waals surface area contributed by atoms with Gasteiger partial charge in [0.2, 0.25) is 0 Å². The molecule has 0 saturated heterocycles. The lowest BCUT2D eigenvalue weighted by Crippen LogP contribution is -2.21. The highest BCUT2D eigenvalue weighted by atomic mass is 15.1. The van der Waals surface area contributed by atoms with E-state index in [9.17, 15) is 0 Å². The number of hydrogen-bond acceptors (Lipinski definition) is 5. The maximum Gasteiger partial charge on any atom is 0.134 e. The first-order chi connectivity index (χ1) is 10.7. The van der Waals surface area contributed by atoms with E-state index in [0.29, 0.717) is 5.56 Å². The van der Waals surface area contributed by atoms with Gasteiger partial charge in [0.1, 0.15) is 5.82 Å². The zero-order valence-electron chi connectivity index (χ0n) is 12.7. The predicted molar refractivity (Wildman–Crippen MR) is 88.8 cm³/mol. The van der Waals surface area contributed by atoms with Crippen LogP contribution in [0, 0.1) is 11.3 Å². The summed E-state index contributed by atoms with van der Waals surface area (Å²) in [6.45, 7) is 1.73. The van der Waals surface area contributed by atoms with Crippen molar-refractivity contribution in [1.82, 2.24) is 14.9 Å². The second-order valence-electron chi connectivity index (χ2n) is 5.46. The SMILES string of the molecule is CN(C)CCNc1nc2cc(C#N)ccc2c2cnccc12. The Bertz CT molecular complexity index is 864. The second kappa shape index (κ2) is 5.96. The van der Waals surface area contributed by atoms with Crippen LogP contribution in [0.4, 0.5) is 5.82 Å². The Kier molecular flexibility index (Phi) is 3.86. The third-order valence-corrected chi connectivity index (χ3v) is 3.58. The van der Waals surface area contributed by atoms with Crippen LogP contribution in [0.25, 0.3) is 21.7 Å². The minimum atomic E-state index is 0.613. The van der Waals surface area contributed by atoms with E-state index in [4.69, 9.17) is 10.2 Å². The number of aromatic nitrogens is 2. The third-order valence-electron chi connectivity index (χ3n) is 3.58.